The number of aliphatic imine (C=N–C) groups is 1. The Morgan fingerprint density at radius 3 is 2.25 bits per heavy atom. The highest BCUT2D eigenvalue weighted by Crippen LogP contribution is 2.17. The van der Waals surface area contributed by atoms with Gasteiger partial charge in [0.25, 0.3) is 0 Å². The number of guanidine groups is 1. The van der Waals surface area contributed by atoms with Crippen molar-refractivity contribution in [2.24, 2.45) is 4.99 Å². The fourth-order valence-electron chi connectivity index (χ4n) is 1.36. The van der Waals surface area contributed by atoms with E-state index >= 15 is 0 Å². The van der Waals surface area contributed by atoms with Crippen LogP contribution in [0.4, 0.5) is 0 Å². The first-order valence-corrected chi connectivity index (χ1v) is 6.71. The van der Waals surface area contributed by atoms with Crippen LogP contribution in [0.25, 0.3) is 0 Å². The molecule has 0 saturated carbocycles. The van der Waals surface area contributed by atoms with Gasteiger partial charge < -0.3 is 10.6 Å². The highest BCUT2D eigenvalue weighted by molar-refractivity contribution is 7.11. The normalized spacial score (nSPS) is 9.94. The standard InChI is InChI=1S/C12H21N3S/c1-4-10-7-8-11(16-10)9-15-12(13-5-2)14-6-3/h7-8H,4-6,9H2,1-3H3,(H2,13,14,15). The van der Waals surface area contributed by atoms with Gasteiger partial charge in [-0.3, -0.25) is 0 Å². The predicted molar refractivity (Wildman–Crippen MR) is 72.2 cm³/mol. The molecule has 0 aromatic carbocycles. The first-order valence-electron chi connectivity index (χ1n) is 5.89. The summed E-state index contributed by atoms with van der Waals surface area (Å²) in [7, 11) is 0. The molecule has 0 aliphatic rings. The van der Waals surface area contributed by atoms with Crippen molar-refractivity contribution in [2.45, 2.75) is 33.7 Å². The third-order valence-electron chi connectivity index (χ3n) is 2.15. The molecule has 1 rings (SSSR count). The van der Waals surface area contributed by atoms with E-state index in [0.717, 1.165) is 32.0 Å². The van der Waals surface area contributed by atoms with E-state index in [4.69, 9.17) is 0 Å². The van der Waals surface area contributed by atoms with Gasteiger partial charge >= 0.3 is 0 Å². The van der Waals surface area contributed by atoms with Gasteiger partial charge in [0.15, 0.2) is 5.96 Å². The summed E-state index contributed by atoms with van der Waals surface area (Å²) in [6.07, 6.45) is 1.11. The Kier molecular flexibility index (Phi) is 5.93. The van der Waals surface area contributed by atoms with Crippen LogP contribution >= 0.6 is 11.3 Å². The van der Waals surface area contributed by atoms with Gasteiger partial charge in [-0.2, -0.15) is 0 Å². The van der Waals surface area contributed by atoms with Gasteiger partial charge in [-0.1, -0.05) is 6.92 Å². The van der Waals surface area contributed by atoms with Crippen molar-refractivity contribution in [3.63, 3.8) is 0 Å². The van der Waals surface area contributed by atoms with E-state index in [1.807, 2.05) is 11.3 Å². The molecule has 0 amide bonds. The molecule has 4 heteroatoms. The molecule has 0 aliphatic heterocycles. The maximum absolute atomic E-state index is 4.53. The maximum Gasteiger partial charge on any atom is 0.191 e. The molecule has 0 radical (unpaired) electrons. The zero-order chi connectivity index (χ0) is 11.8. The van der Waals surface area contributed by atoms with Crippen LogP contribution in [-0.4, -0.2) is 19.0 Å². The van der Waals surface area contributed by atoms with Crippen molar-refractivity contribution in [1.82, 2.24) is 10.6 Å². The topological polar surface area (TPSA) is 36.4 Å². The summed E-state index contributed by atoms with van der Waals surface area (Å²) in [6.45, 7) is 8.90. The number of nitrogens with zero attached hydrogens (tertiary/aromatic N) is 1. The average molecular weight is 239 g/mol. The minimum absolute atomic E-state index is 0.764. The van der Waals surface area contributed by atoms with Gasteiger partial charge in [0, 0.05) is 22.8 Å². The fourth-order valence-corrected chi connectivity index (χ4v) is 2.25. The van der Waals surface area contributed by atoms with Crippen LogP contribution in [0.1, 0.15) is 30.5 Å². The van der Waals surface area contributed by atoms with E-state index in [1.54, 1.807) is 0 Å². The van der Waals surface area contributed by atoms with Crippen molar-refractivity contribution >= 4 is 17.3 Å². The summed E-state index contributed by atoms with van der Waals surface area (Å²) in [4.78, 5) is 7.28. The molecule has 0 spiro atoms. The van der Waals surface area contributed by atoms with Crippen LogP contribution in [0, 0.1) is 0 Å². The quantitative estimate of drug-likeness (QED) is 0.611. The Balaban J connectivity index is 2.54. The van der Waals surface area contributed by atoms with E-state index in [0.29, 0.717) is 0 Å². The lowest BCUT2D eigenvalue weighted by Crippen LogP contribution is -2.36. The van der Waals surface area contributed by atoms with Crippen LogP contribution in [0.3, 0.4) is 0 Å². The van der Waals surface area contributed by atoms with Crippen LogP contribution in [-0.2, 0) is 13.0 Å². The molecule has 1 aromatic rings. The van der Waals surface area contributed by atoms with Crippen molar-refractivity contribution in [2.75, 3.05) is 13.1 Å². The first kappa shape index (κ1) is 13.0. The lowest BCUT2D eigenvalue weighted by atomic mass is 10.4. The minimum Gasteiger partial charge on any atom is -0.357 e. The molecular formula is C12H21N3S. The lowest BCUT2D eigenvalue weighted by molar-refractivity contribution is 0.841. The van der Waals surface area contributed by atoms with Crippen molar-refractivity contribution in [3.8, 4) is 0 Å². The second kappa shape index (κ2) is 7.28. The van der Waals surface area contributed by atoms with E-state index in [2.05, 4.69) is 48.5 Å². The molecule has 0 saturated heterocycles. The fraction of sp³-hybridized carbons (Fsp3) is 0.583. The third-order valence-corrected chi connectivity index (χ3v) is 3.36. The first-order chi connectivity index (χ1) is 7.80. The van der Waals surface area contributed by atoms with E-state index in [1.165, 1.54) is 9.75 Å². The van der Waals surface area contributed by atoms with E-state index < -0.39 is 0 Å². The summed E-state index contributed by atoms with van der Waals surface area (Å²) < 4.78 is 0. The van der Waals surface area contributed by atoms with Gasteiger partial charge in [0.2, 0.25) is 0 Å². The molecule has 16 heavy (non-hydrogen) atoms. The molecule has 0 bridgehead atoms. The molecule has 1 aromatic heterocycles. The van der Waals surface area contributed by atoms with Crippen LogP contribution in [0.5, 0.6) is 0 Å². The molecule has 90 valence electrons. The summed E-state index contributed by atoms with van der Waals surface area (Å²) >= 11 is 1.85. The number of rotatable bonds is 5. The molecule has 0 unspecified atom stereocenters. The van der Waals surface area contributed by atoms with Gasteiger partial charge in [0.1, 0.15) is 0 Å². The Bertz CT molecular complexity index is 323. The Morgan fingerprint density at radius 2 is 1.75 bits per heavy atom. The Morgan fingerprint density at radius 1 is 1.12 bits per heavy atom. The number of aryl methyl sites for hydroxylation is 1. The molecule has 0 atom stereocenters. The van der Waals surface area contributed by atoms with Crippen molar-refractivity contribution < 1.29 is 0 Å². The molecule has 1 heterocycles. The zero-order valence-electron chi connectivity index (χ0n) is 10.3. The number of nitrogens with one attached hydrogen (secondary N) is 2. The third kappa shape index (κ3) is 4.23. The molecule has 2 N–H and O–H groups in total. The van der Waals surface area contributed by atoms with Gasteiger partial charge in [-0.05, 0) is 32.4 Å². The summed E-state index contributed by atoms with van der Waals surface area (Å²) in [5.41, 5.74) is 0. The molecule has 0 fully saturated rings. The second-order valence-electron chi connectivity index (χ2n) is 3.45. The Labute approximate surface area is 102 Å². The Hall–Kier alpha value is -1.03. The predicted octanol–water partition coefficient (Wildman–Crippen LogP) is 2.39. The van der Waals surface area contributed by atoms with E-state index in [-0.39, 0.29) is 0 Å². The maximum atomic E-state index is 4.53. The van der Waals surface area contributed by atoms with Crippen LogP contribution in [0.2, 0.25) is 0 Å². The SMILES string of the molecule is CCNC(=NCc1ccc(CC)s1)NCC. The number of hydrogen-bond acceptors (Lipinski definition) is 2. The lowest BCUT2D eigenvalue weighted by Gasteiger charge is -2.08. The molecular weight excluding hydrogens is 218 g/mol. The average Bonchev–Trinajstić information content (AvgIpc) is 2.74. The zero-order valence-corrected chi connectivity index (χ0v) is 11.2. The summed E-state index contributed by atoms with van der Waals surface area (Å²) in [5.74, 6) is 0.899. The largest absolute Gasteiger partial charge is 0.357 e. The number of hydrogen-bond donors (Lipinski definition) is 2. The highest BCUT2D eigenvalue weighted by Gasteiger charge is 1.99. The van der Waals surface area contributed by atoms with E-state index in [9.17, 15) is 0 Å². The highest BCUT2D eigenvalue weighted by atomic mass is 32.1. The smallest absolute Gasteiger partial charge is 0.191 e. The van der Waals surface area contributed by atoms with Gasteiger partial charge in [-0.25, -0.2) is 4.99 Å². The molecule has 0 aliphatic carbocycles. The van der Waals surface area contributed by atoms with Crippen molar-refractivity contribution in [3.05, 3.63) is 21.9 Å². The minimum atomic E-state index is 0.764. The van der Waals surface area contributed by atoms with Crippen LogP contribution in [0.15, 0.2) is 17.1 Å². The van der Waals surface area contributed by atoms with Gasteiger partial charge in [0.05, 0.1) is 6.54 Å². The summed E-state index contributed by atoms with van der Waals surface area (Å²) in [5, 5.41) is 6.44. The van der Waals surface area contributed by atoms with Gasteiger partial charge in [-0.15, -0.1) is 11.3 Å². The van der Waals surface area contributed by atoms with Crippen LogP contribution < -0.4 is 10.6 Å². The molecule has 3 nitrogen and oxygen atoms in total. The second-order valence-corrected chi connectivity index (χ2v) is 4.70. The van der Waals surface area contributed by atoms with Crippen molar-refractivity contribution in [1.29, 1.82) is 0 Å². The monoisotopic (exact) mass is 239 g/mol. The number of thiophene rings is 1. The summed E-state index contributed by atoms with van der Waals surface area (Å²) in [6, 6.07) is 4.36.